The molecule has 0 unspecified atom stereocenters. The number of hydrogen-bond donors (Lipinski definition) is 0. The molecule has 0 radical (unpaired) electrons. The molecule has 4 nitrogen and oxygen atoms in total. The van der Waals surface area contributed by atoms with Crippen LogP contribution in [0.2, 0.25) is 10.3 Å². The lowest BCUT2D eigenvalue weighted by molar-refractivity contribution is -0.356. The van der Waals surface area contributed by atoms with Crippen molar-refractivity contribution in [2.75, 3.05) is 0 Å². The zero-order chi connectivity index (χ0) is 15.5. The highest BCUT2D eigenvalue weighted by Crippen LogP contribution is 2.41. The van der Waals surface area contributed by atoms with Crippen LogP contribution in [-0.2, 0) is 0 Å². The van der Waals surface area contributed by atoms with E-state index in [1.165, 1.54) is 18.7 Å². The Hall–Kier alpha value is -1.99. The number of allylic oxidation sites excluding steroid dienone is 2. The number of hydrogen-bond acceptors (Lipinski definition) is 2. The van der Waals surface area contributed by atoms with Gasteiger partial charge in [0, 0.05) is 17.8 Å². The van der Waals surface area contributed by atoms with Crippen molar-refractivity contribution in [3.8, 4) is 0 Å². The van der Waals surface area contributed by atoms with Crippen LogP contribution in [0.4, 0.5) is 8.63 Å². The van der Waals surface area contributed by atoms with Gasteiger partial charge in [0.1, 0.15) is 22.8 Å². The molecule has 0 aromatic carbocycles. The van der Waals surface area contributed by atoms with Crippen LogP contribution in [-0.4, -0.2) is 32.1 Å². The van der Waals surface area contributed by atoms with Gasteiger partial charge in [-0.3, -0.25) is 0 Å². The first-order valence-corrected chi connectivity index (χ1v) is 7.17. The topological polar surface area (TPSA) is 33.7 Å². The first-order valence-electron chi connectivity index (χ1n) is 6.42. The maximum absolute atomic E-state index is 14.6. The molecule has 0 amide bonds. The molecule has 22 heavy (non-hydrogen) atoms. The third-order valence-electron chi connectivity index (χ3n) is 3.74. The highest BCUT2D eigenvalue weighted by Gasteiger charge is 2.51. The van der Waals surface area contributed by atoms with Crippen molar-refractivity contribution in [1.29, 1.82) is 0 Å². The normalized spacial score (nSPS) is 18.3. The quantitative estimate of drug-likeness (QED) is 0.591. The van der Waals surface area contributed by atoms with E-state index in [1.54, 1.807) is 24.3 Å². The van der Waals surface area contributed by atoms with Crippen molar-refractivity contribution >= 4 is 42.0 Å². The van der Waals surface area contributed by atoms with Crippen molar-refractivity contribution in [3.05, 3.63) is 64.1 Å². The van der Waals surface area contributed by atoms with E-state index in [0.717, 1.165) is 8.96 Å². The monoisotopic (exact) mass is 338 g/mol. The van der Waals surface area contributed by atoms with Crippen LogP contribution >= 0.6 is 23.2 Å². The minimum atomic E-state index is -3.95. The Morgan fingerprint density at radius 1 is 1.18 bits per heavy atom. The van der Waals surface area contributed by atoms with Gasteiger partial charge in [-0.05, 0) is 18.3 Å². The molecule has 0 saturated carbocycles. The van der Waals surface area contributed by atoms with E-state index in [1.807, 2.05) is 0 Å². The van der Waals surface area contributed by atoms with Crippen LogP contribution in [0.3, 0.4) is 0 Å². The van der Waals surface area contributed by atoms with Gasteiger partial charge in [-0.25, -0.2) is 9.97 Å². The second kappa shape index (κ2) is 4.50. The van der Waals surface area contributed by atoms with E-state index >= 15 is 0 Å². The average molecular weight is 339 g/mol. The molecule has 4 heterocycles. The second-order valence-corrected chi connectivity index (χ2v) is 5.61. The van der Waals surface area contributed by atoms with Crippen LogP contribution in [0.1, 0.15) is 11.3 Å². The molecular weight excluding hydrogens is 332 g/mol. The molecule has 2 aromatic heterocycles. The molecule has 0 bridgehead atoms. The van der Waals surface area contributed by atoms with Crippen LogP contribution in [0.25, 0.3) is 5.57 Å². The smallest absolute Gasteiger partial charge is 0.396 e. The molecular formula is C13H7BCl2F2N4. The first-order chi connectivity index (χ1) is 10.5. The SMILES string of the molecule is F[B-]1(F)n2cccc2C(c2c(Cl)ncnc2Cl)=C2C=CC=[N+]21. The Morgan fingerprint density at radius 2 is 1.91 bits per heavy atom. The fraction of sp³-hybridized carbons (Fsp3) is 0. The third-order valence-corrected chi connectivity index (χ3v) is 4.32. The van der Waals surface area contributed by atoms with Crippen molar-refractivity contribution in [2.24, 2.45) is 0 Å². The number of halogens is 4. The highest BCUT2D eigenvalue weighted by molar-refractivity contribution is 6.57. The fourth-order valence-corrected chi connectivity index (χ4v) is 3.33. The molecule has 4 rings (SSSR count). The van der Waals surface area contributed by atoms with Crippen LogP contribution in [0.5, 0.6) is 0 Å². The standard InChI is InChI=1S/C13H7BCl2F2N4/c15-12-11(13(16)20-7-19-12)10-8-3-1-5-21(8)14(17,18)22-6-2-4-9(10)22/h1-7H. The molecule has 2 aromatic rings. The zero-order valence-corrected chi connectivity index (χ0v) is 12.4. The number of aromatic nitrogens is 3. The summed E-state index contributed by atoms with van der Waals surface area (Å²) in [7, 11) is 0. The van der Waals surface area contributed by atoms with Gasteiger partial charge in [-0.2, -0.15) is 0 Å². The molecule has 2 aliphatic rings. The van der Waals surface area contributed by atoms with Crippen molar-refractivity contribution in [1.82, 2.24) is 14.4 Å². The van der Waals surface area contributed by atoms with Gasteiger partial charge < -0.3 is 17.6 Å². The number of nitrogens with zero attached hydrogens (tertiary/aromatic N) is 4. The molecule has 9 heteroatoms. The van der Waals surface area contributed by atoms with Gasteiger partial charge in [-0.15, -0.1) is 0 Å². The summed E-state index contributed by atoms with van der Waals surface area (Å²) in [5.74, 6) is 0. The Balaban J connectivity index is 2.12. The Bertz CT molecular complexity index is 881. The van der Waals surface area contributed by atoms with E-state index in [0.29, 0.717) is 22.5 Å². The summed E-state index contributed by atoms with van der Waals surface area (Å²) in [5.41, 5.74) is 1.49. The maximum Gasteiger partial charge on any atom is 0.737 e. The van der Waals surface area contributed by atoms with Crippen molar-refractivity contribution in [3.63, 3.8) is 0 Å². The summed E-state index contributed by atoms with van der Waals surface area (Å²) in [6, 6.07) is 3.16. The van der Waals surface area contributed by atoms with Gasteiger partial charge in [0.2, 0.25) is 0 Å². The minimum Gasteiger partial charge on any atom is -0.396 e. The highest BCUT2D eigenvalue weighted by atomic mass is 35.5. The van der Waals surface area contributed by atoms with Crippen LogP contribution in [0.15, 0.2) is 42.5 Å². The fourth-order valence-electron chi connectivity index (χ4n) is 2.83. The van der Waals surface area contributed by atoms with E-state index in [9.17, 15) is 8.63 Å². The average Bonchev–Trinajstić information content (AvgIpc) is 3.11. The lowest BCUT2D eigenvalue weighted by Crippen LogP contribution is -2.49. The summed E-state index contributed by atoms with van der Waals surface area (Å²) in [4.78, 5) is 7.83. The van der Waals surface area contributed by atoms with Crippen molar-refractivity contribution in [2.45, 2.75) is 0 Å². The van der Waals surface area contributed by atoms with Crippen LogP contribution in [0, 0.1) is 0 Å². The predicted octanol–water partition coefficient (Wildman–Crippen LogP) is 3.23. The van der Waals surface area contributed by atoms with E-state index in [-0.39, 0.29) is 10.3 Å². The van der Waals surface area contributed by atoms with E-state index in [4.69, 9.17) is 23.2 Å². The van der Waals surface area contributed by atoms with E-state index in [2.05, 4.69) is 9.97 Å². The Labute approximate surface area is 134 Å². The number of fused-ring (bicyclic) bond motifs is 2. The molecule has 0 spiro atoms. The number of rotatable bonds is 1. The zero-order valence-electron chi connectivity index (χ0n) is 10.9. The van der Waals surface area contributed by atoms with Gasteiger partial charge in [0.05, 0.1) is 11.1 Å². The summed E-state index contributed by atoms with van der Waals surface area (Å²) in [6.45, 7) is -3.95. The first kappa shape index (κ1) is 13.7. The van der Waals surface area contributed by atoms with Crippen LogP contribution < -0.4 is 0 Å². The molecule has 0 atom stereocenters. The Morgan fingerprint density at radius 3 is 2.64 bits per heavy atom. The minimum absolute atomic E-state index is 0.119. The predicted molar refractivity (Wildman–Crippen MR) is 81.3 cm³/mol. The summed E-state index contributed by atoms with van der Waals surface area (Å²) in [5, 5.41) is 0.237. The lowest BCUT2D eigenvalue weighted by Gasteiger charge is -2.31. The van der Waals surface area contributed by atoms with Gasteiger partial charge in [-0.1, -0.05) is 23.2 Å². The summed E-state index contributed by atoms with van der Waals surface area (Å²) >= 11 is 12.3. The van der Waals surface area contributed by atoms with Gasteiger partial charge in [0.25, 0.3) is 0 Å². The molecule has 0 aliphatic carbocycles. The molecule has 110 valence electrons. The summed E-state index contributed by atoms with van der Waals surface area (Å²) < 4.78 is 31.1. The Kier molecular flexibility index (Phi) is 2.80. The van der Waals surface area contributed by atoms with E-state index < -0.39 is 6.97 Å². The third kappa shape index (κ3) is 1.66. The van der Waals surface area contributed by atoms with Gasteiger partial charge >= 0.3 is 6.97 Å². The largest absolute Gasteiger partial charge is 0.737 e. The second-order valence-electron chi connectivity index (χ2n) is 4.89. The molecule has 0 saturated heterocycles. The van der Waals surface area contributed by atoms with Crippen molar-refractivity contribution < 1.29 is 13.1 Å². The van der Waals surface area contributed by atoms with Gasteiger partial charge in [0.15, 0.2) is 5.70 Å². The lowest BCUT2D eigenvalue weighted by atomic mass is 9.87. The molecule has 0 fully saturated rings. The summed E-state index contributed by atoms with van der Waals surface area (Å²) in [6.07, 6.45) is 7.06. The maximum atomic E-state index is 14.6. The molecule has 2 aliphatic heterocycles. The molecule has 0 N–H and O–H groups in total.